The first-order valence-corrected chi connectivity index (χ1v) is 6.69. The summed E-state index contributed by atoms with van der Waals surface area (Å²) in [6.07, 6.45) is 0.903. The Kier molecular flexibility index (Phi) is 4.35. The van der Waals surface area contributed by atoms with Crippen molar-refractivity contribution in [3.05, 3.63) is 70.3 Å². The van der Waals surface area contributed by atoms with Crippen LogP contribution in [0.15, 0.2) is 42.5 Å². The molecule has 0 aliphatic carbocycles. The van der Waals surface area contributed by atoms with E-state index in [2.05, 4.69) is 68.7 Å². The molecule has 1 atom stereocenters. The van der Waals surface area contributed by atoms with Gasteiger partial charge in [-0.1, -0.05) is 53.6 Å². The van der Waals surface area contributed by atoms with Gasteiger partial charge in [-0.2, -0.15) is 0 Å². The summed E-state index contributed by atoms with van der Waals surface area (Å²) >= 11 is 0. The lowest BCUT2D eigenvalue weighted by molar-refractivity contribution is 0.549. The average Bonchev–Trinajstić information content (AvgIpc) is 2.39. The number of hydrogen-bond acceptors (Lipinski definition) is 2. The molecule has 0 bridgehead atoms. The van der Waals surface area contributed by atoms with E-state index in [1.54, 1.807) is 0 Å². The van der Waals surface area contributed by atoms with Crippen LogP contribution in [-0.2, 0) is 6.42 Å². The van der Waals surface area contributed by atoms with Crippen molar-refractivity contribution >= 4 is 0 Å². The molecule has 1 unspecified atom stereocenters. The molecule has 2 aromatic carbocycles. The predicted octanol–water partition coefficient (Wildman–Crippen LogP) is 3.36. The van der Waals surface area contributed by atoms with E-state index in [-0.39, 0.29) is 6.04 Å². The molecule has 0 spiro atoms. The molecule has 0 heterocycles. The normalized spacial score (nSPS) is 12.4. The van der Waals surface area contributed by atoms with Crippen molar-refractivity contribution in [1.82, 2.24) is 5.43 Å². The van der Waals surface area contributed by atoms with Gasteiger partial charge in [-0.25, -0.2) is 0 Å². The van der Waals surface area contributed by atoms with Crippen molar-refractivity contribution in [3.63, 3.8) is 0 Å². The lowest BCUT2D eigenvalue weighted by atomic mass is 9.94. The maximum absolute atomic E-state index is 5.74. The molecule has 3 N–H and O–H groups in total. The molecule has 100 valence electrons. The molecule has 0 amide bonds. The third kappa shape index (κ3) is 3.43. The Bertz CT molecular complexity index is 544. The quantitative estimate of drug-likeness (QED) is 0.648. The van der Waals surface area contributed by atoms with Gasteiger partial charge in [-0.3, -0.25) is 11.3 Å². The fraction of sp³-hybridized carbons (Fsp3) is 0.294. The highest BCUT2D eigenvalue weighted by molar-refractivity contribution is 5.34. The van der Waals surface area contributed by atoms with Gasteiger partial charge in [0.1, 0.15) is 0 Å². The van der Waals surface area contributed by atoms with Crippen molar-refractivity contribution in [2.75, 3.05) is 0 Å². The minimum Gasteiger partial charge on any atom is -0.271 e. The molecule has 0 saturated heterocycles. The van der Waals surface area contributed by atoms with Crippen LogP contribution in [0, 0.1) is 20.8 Å². The molecule has 19 heavy (non-hydrogen) atoms. The van der Waals surface area contributed by atoms with Crippen LogP contribution in [0.25, 0.3) is 0 Å². The second-order valence-corrected chi connectivity index (χ2v) is 5.27. The number of aryl methyl sites for hydroxylation is 3. The van der Waals surface area contributed by atoms with E-state index >= 15 is 0 Å². The van der Waals surface area contributed by atoms with Gasteiger partial charge in [0.25, 0.3) is 0 Å². The van der Waals surface area contributed by atoms with E-state index in [9.17, 15) is 0 Å². The summed E-state index contributed by atoms with van der Waals surface area (Å²) < 4.78 is 0. The monoisotopic (exact) mass is 254 g/mol. The zero-order chi connectivity index (χ0) is 13.8. The zero-order valence-corrected chi connectivity index (χ0v) is 11.9. The molecule has 0 radical (unpaired) electrons. The highest BCUT2D eigenvalue weighted by atomic mass is 15.2. The van der Waals surface area contributed by atoms with Crippen molar-refractivity contribution < 1.29 is 0 Å². The second kappa shape index (κ2) is 6.00. The summed E-state index contributed by atoms with van der Waals surface area (Å²) in [5.74, 6) is 5.74. The third-order valence-electron chi connectivity index (χ3n) is 3.56. The SMILES string of the molecule is Cc1ccc(CC(NN)c2ccc(C)cc2C)cc1. The standard InChI is InChI=1S/C17H22N2/c1-12-4-7-15(8-5-12)11-17(19-18)16-9-6-13(2)10-14(16)3/h4-10,17,19H,11,18H2,1-3H3. The lowest BCUT2D eigenvalue weighted by Gasteiger charge is -2.19. The lowest BCUT2D eigenvalue weighted by Crippen LogP contribution is -2.30. The van der Waals surface area contributed by atoms with Crippen LogP contribution in [0.2, 0.25) is 0 Å². The number of nitrogens with two attached hydrogens (primary N) is 1. The van der Waals surface area contributed by atoms with E-state index in [1.165, 1.54) is 27.8 Å². The van der Waals surface area contributed by atoms with Gasteiger partial charge >= 0.3 is 0 Å². The van der Waals surface area contributed by atoms with E-state index in [1.807, 2.05) is 0 Å². The largest absolute Gasteiger partial charge is 0.271 e. The molecule has 2 heteroatoms. The van der Waals surface area contributed by atoms with Crippen LogP contribution >= 0.6 is 0 Å². The van der Waals surface area contributed by atoms with Gasteiger partial charge in [-0.15, -0.1) is 0 Å². The maximum Gasteiger partial charge on any atom is 0.0502 e. The number of benzene rings is 2. The minimum absolute atomic E-state index is 0.156. The molecular formula is C17H22N2. The number of hydrazine groups is 1. The summed E-state index contributed by atoms with van der Waals surface area (Å²) in [6.45, 7) is 6.36. The Labute approximate surface area is 115 Å². The number of hydrogen-bond donors (Lipinski definition) is 2. The van der Waals surface area contributed by atoms with Crippen LogP contribution in [0.4, 0.5) is 0 Å². The Hall–Kier alpha value is -1.64. The molecule has 0 fully saturated rings. The summed E-state index contributed by atoms with van der Waals surface area (Å²) in [7, 11) is 0. The first-order chi connectivity index (χ1) is 9.10. The smallest absolute Gasteiger partial charge is 0.0502 e. The van der Waals surface area contributed by atoms with E-state index < -0.39 is 0 Å². The summed E-state index contributed by atoms with van der Waals surface area (Å²) in [6, 6.07) is 15.3. The summed E-state index contributed by atoms with van der Waals surface area (Å²) in [5, 5.41) is 0. The second-order valence-electron chi connectivity index (χ2n) is 5.27. The van der Waals surface area contributed by atoms with Crippen LogP contribution in [0.5, 0.6) is 0 Å². The van der Waals surface area contributed by atoms with Crippen molar-refractivity contribution in [1.29, 1.82) is 0 Å². The average molecular weight is 254 g/mol. The molecule has 0 aliphatic heterocycles. The van der Waals surface area contributed by atoms with Crippen LogP contribution in [0.1, 0.15) is 33.9 Å². The van der Waals surface area contributed by atoms with Gasteiger partial charge in [-0.05, 0) is 43.9 Å². The third-order valence-corrected chi connectivity index (χ3v) is 3.56. The highest BCUT2D eigenvalue weighted by Gasteiger charge is 2.12. The van der Waals surface area contributed by atoms with Gasteiger partial charge < -0.3 is 0 Å². The maximum atomic E-state index is 5.74. The predicted molar refractivity (Wildman–Crippen MR) is 80.9 cm³/mol. The number of nitrogens with one attached hydrogen (secondary N) is 1. The molecule has 2 aromatic rings. The summed E-state index contributed by atoms with van der Waals surface area (Å²) in [4.78, 5) is 0. The van der Waals surface area contributed by atoms with E-state index in [0.717, 1.165) is 6.42 Å². The van der Waals surface area contributed by atoms with Gasteiger partial charge in [0.15, 0.2) is 0 Å². The Balaban J connectivity index is 2.22. The van der Waals surface area contributed by atoms with Crippen molar-refractivity contribution in [3.8, 4) is 0 Å². The number of rotatable bonds is 4. The van der Waals surface area contributed by atoms with E-state index in [4.69, 9.17) is 5.84 Å². The molecule has 0 aliphatic rings. The first-order valence-electron chi connectivity index (χ1n) is 6.69. The molecule has 0 aromatic heterocycles. The fourth-order valence-electron chi connectivity index (χ4n) is 2.44. The molecule has 0 saturated carbocycles. The van der Waals surface area contributed by atoms with Gasteiger partial charge in [0.05, 0.1) is 6.04 Å². The van der Waals surface area contributed by atoms with Gasteiger partial charge in [0, 0.05) is 0 Å². The fourth-order valence-corrected chi connectivity index (χ4v) is 2.44. The van der Waals surface area contributed by atoms with Crippen molar-refractivity contribution in [2.45, 2.75) is 33.2 Å². The summed E-state index contributed by atoms with van der Waals surface area (Å²) in [5.41, 5.74) is 9.37. The molecule has 2 nitrogen and oxygen atoms in total. The Morgan fingerprint density at radius 1 is 0.947 bits per heavy atom. The van der Waals surface area contributed by atoms with Crippen LogP contribution < -0.4 is 11.3 Å². The van der Waals surface area contributed by atoms with Gasteiger partial charge in [0.2, 0.25) is 0 Å². The zero-order valence-electron chi connectivity index (χ0n) is 11.9. The minimum atomic E-state index is 0.156. The first kappa shape index (κ1) is 13.8. The Morgan fingerprint density at radius 2 is 1.58 bits per heavy atom. The van der Waals surface area contributed by atoms with Crippen LogP contribution in [-0.4, -0.2) is 0 Å². The topological polar surface area (TPSA) is 38.0 Å². The highest BCUT2D eigenvalue weighted by Crippen LogP contribution is 2.22. The van der Waals surface area contributed by atoms with E-state index in [0.29, 0.717) is 0 Å². The van der Waals surface area contributed by atoms with Crippen molar-refractivity contribution in [2.24, 2.45) is 5.84 Å². The van der Waals surface area contributed by atoms with Crippen LogP contribution in [0.3, 0.4) is 0 Å². The molecule has 2 rings (SSSR count). The Morgan fingerprint density at radius 3 is 2.16 bits per heavy atom. The molecular weight excluding hydrogens is 232 g/mol.